The van der Waals surface area contributed by atoms with Gasteiger partial charge in [-0.15, -0.1) is 0 Å². The lowest BCUT2D eigenvalue weighted by Crippen LogP contribution is -2.45. The molecule has 12 nitrogen and oxygen atoms in total. The number of allylic oxidation sites excluding steroid dienone is 1. The Morgan fingerprint density at radius 2 is 1.80 bits per heavy atom. The number of aryl methyl sites for hydroxylation is 1. The maximum Gasteiger partial charge on any atom is 0.337 e. The number of rotatable bonds is 14. The van der Waals surface area contributed by atoms with Crippen molar-refractivity contribution in [2.75, 3.05) is 20.3 Å². The van der Waals surface area contributed by atoms with Crippen LogP contribution in [0.15, 0.2) is 89.2 Å². The monoisotopic (exact) mass is 685 g/mol. The van der Waals surface area contributed by atoms with Gasteiger partial charge in [-0.05, 0) is 81.8 Å². The number of urea groups is 1. The van der Waals surface area contributed by atoms with Crippen molar-refractivity contribution in [2.45, 2.75) is 46.6 Å². The van der Waals surface area contributed by atoms with Crippen molar-refractivity contribution in [3.63, 3.8) is 0 Å². The fourth-order valence-corrected chi connectivity index (χ4v) is 5.60. The van der Waals surface area contributed by atoms with Gasteiger partial charge in [0.25, 0.3) is 0 Å². The molecule has 0 bridgehead atoms. The van der Waals surface area contributed by atoms with Gasteiger partial charge in [0.15, 0.2) is 17.7 Å². The Morgan fingerprint density at radius 1 is 1.04 bits per heavy atom. The van der Waals surface area contributed by atoms with Crippen LogP contribution in [-0.4, -0.2) is 54.4 Å². The smallest absolute Gasteiger partial charge is 0.337 e. The summed E-state index contributed by atoms with van der Waals surface area (Å²) >= 11 is 0. The maximum absolute atomic E-state index is 13.9. The largest absolute Gasteiger partial charge is 0.490 e. The molecule has 0 saturated carbocycles. The molecule has 2 amide bonds. The first kappa shape index (κ1) is 35.5. The van der Waals surface area contributed by atoms with E-state index in [1.807, 2.05) is 51.1 Å². The Morgan fingerprint density at radius 3 is 2.52 bits per heavy atom. The number of ether oxygens (including phenoxy) is 4. The minimum atomic E-state index is -1.15. The number of aliphatic hydroxyl groups is 1. The Balaban J connectivity index is 1.20. The third-order valence-electron chi connectivity index (χ3n) is 8.02. The number of nitrogens with zero attached hydrogens (tertiary/aromatic N) is 2. The highest BCUT2D eigenvalue weighted by atomic mass is 19.1. The van der Waals surface area contributed by atoms with Gasteiger partial charge in [-0.3, -0.25) is 5.43 Å². The molecule has 50 heavy (non-hydrogen) atoms. The predicted molar refractivity (Wildman–Crippen MR) is 185 cm³/mol. The van der Waals surface area contributed by atoms with Gasteiger partial charge in [0.1, 0.15) is 24.8 Å². The summed E-state index contributed by atoms with van der Waals surface area (Å²) in [5, 5.41) is 20.1. The number of amides is 2. The zero-order chi connectivity index (χ0) is 35.8. The second-order valence-corrected chi connectivity index (χ2v) is 11.5. The molecule has 2 heterocycles. The highest BCUT2D eigenvalue weighted by Crippen LogP contribution is 2.35. The third-order valence-corrected chi connectivity index (χ3v) is 8.02. The number of aliphatic hydroxyl groups excluding tert-OH is 1. The highest BCUT2D eigenvalue weighted by Gasteiger charge is 2.32. The van der Waals surface area contributed by atoms with Crippen LogP contribution in [0, 0.1) is 19.7 Å². The van der Waals surface area contributed by atoms with E-state index in [1.165, 1.54) is 13.2 Å². The van der Waals surface area contributed by atoms with E-state index in [-0.39, 0.29) is 24.6 Å². The van der Waals surface area contributed by atoms with E-state index in [1.54, 1.807) is 49.5 Å². The number of hydrogen-bond donors (Lipinski definition) is 4. The summed E-state index contributed by atoms with van der Waals surface area (Å²) in [6.45, 7) is 7.70. The molecule has 13 heteroatoms. The van der Waals surface area contributed by atoms with Crippen LogP contribution in [-0.2, 0) is 16.1 Å². The van der Waals surface area contributed by atoms with Crippen LogP contribution in [0.3, 0.4) is 0 Å². The second-order valence-electron chi connectivity index (χ2n) is 11.5. The molecule has 1 aromatic heterocycles. The molecular formula is C37H40FN5O7. The second kappa shape index (κ2) is 16.1. The molecule has 0 radical (unpaired) electrons. The Kier molecular flexibility index (Phi) is 11.4. The fourth-order valence-electron chi connectivity index (χ4n) is 5.60. The van der Waals surface area contributed by atoms with E-state index in [9.17, 15) is 19.1 Å². The third kappa shape index (κ3) is 8.24. The lowest BCUT2D eigenvalue weighted by Gasteiger charge is -2.28. The van der Waals surface area contributed by atoms with Gasteiger partial charge in [0, 0.05) is 33.9 Å². The number of hydrogen-bond acceptors (Lipinski definition) is 9. The SMILES string of the molecule is CCOc1cc([C@H]2NC(=O)NC(C)=C2C(=O)OC)ccc1OC[C@@H](O)N/N=C/c1cc(C)n(-c2ccc(OCc3ccccc3F)cc2)c1C. The van der Waals surface area contributed by atoms with Crippen molar-refractivity contribution in [3.8, 4) is 22.9 Å². The number of aromatic nitrogens is 1. The van der Waals surface area contributed by atoms with Crippen LogP contribution >= 0.6 is 0 Å². The van der Waals surface area contributed by atoms with Crippen molar-refractivity contribution in [2.24, 2.45) is 5.10 Å². The van der Waals surface area contributed by atoms with Gasteiger partial charge in [0.05, 0.1) is 31.5 Å². The lowest BCUT2D eigenvalue weighted by atomic mass is 9.95. The minimum Gasteiger partial charge on any atom is -0.490 e. The zero-order valence-corrected chi connectivity index (χ0v) is 28.5. The summed E-state index contributed by atoms with van der Waals surface area (Å²) in [6.07, 6.45) is 0.469. The predicted octanol–water partition coefficient (Wildman–Crippen LogP) is 5.33. The fraction of sp³-hybridized carbons (Fsp3) is 0.270. The quantitative estimate of drug-likeness (QED) is 0.0604. The van der Waals surface area contributed by atoms with E-state index in [2.05, 4.69) is 25.7 Å². The topological polar surface area (TPSA) is 145 Å². The Bertz CT molecular complexity index is 1900. The lowest BCUT2D eigenvalue weighted by molar-refractivity contribution is -0.136. The number of nitrogens with one attached hydrogen (secondary N) is 3. The van der Waals surface area contributed by atoms with Gasteiger partial charge >= 0.3 is 12.0 Å². The molecule has 4 aromatic rings. The van der Waals surface area contributed by atoms with Gasteiger partial charge in [-0.2, -0.15) is 5.10 Å². The van der Waals surface area contributed by atoms with Crippen LogP contribution in [0.25, 0.3) is 5.69 Å². The van der Waals surface area contributed by atoms with Crippen LogP contribution in [0.4, 0.5) is 9.18 Å². The molecule has 0 aliphatic carbocycles. The minimum absolute atomic E-state index is 0.133. The van der Waals surface area contributed by atoms with Crippen LogP contribution < -0.4 is 30.3 Å². The summed E-state index contributed by atoms with van der Waals surface area (Å²) in [5.74, 6) is 0.472. The van der Waals surface area contributed by atoms with Crippen LogP contribution in [0.1, 0.15) is 48.0 Å². The molecule has 262 valence electrons. The molecular weight excluding hydrogens is 645 g/mol. The van der Waals surface area contributed by atoms with E-state index < -0.39 is 24.3 Å². The Hall–Kier alpha value is -5.82. The number of esters is 1. The van der Waals surface area contributed by atoms with Gasteiger partial charge in [-0.1, -0.05) is 24.3 Å². The first-order chi connectivity index (χ1) is 24.1. The molecule has 0 saturated heterocycles. The summed E-state index contributed by atoms with van der Waals surface area (Å²) < 4.78 is 38.3. The molecule has 3 aromatic carbocycles. The van der Waals surface area contributed by atoms with Gasteiger partial charge in [0.2, 0.25) is 0 Å². The van der Waals surface area contributed by atoms with E-state index >= 15 is 0 Å². The number of benzene rings is 3. The molecule has 4 N–H and O–H groups in total. The number of halogens is 1. The molecule has 0 spiro atoms. The normalized spacial score (nSPS) is 14.9. The molecule has 1 aliphatic rings. The van der Waals surface area contributed by atoms with Crippen molar-refractivity contribution < 1.29 is 38.0 Å². The molecule has 0 fully saturated rings. The summed E-state index contributed by atoms with van der Waals surface area (Å²) in [4.78, 5) is 24.7. The van der Waals surface area contributed by atoms with Gasteiger partial charge in [-0.25, -0.2) is 14.0 Å². The Labute approximate surface area is 289 Å². The molecule has 2 atom stereocenters. The van der Waals surface area contributed by atoms with Crippen LogP contribution in [0.5, 0.6) is 17.2 Å². The number of hydrazone groups is 1. The maximum atomic E-state index is 13.9. The highest BCUT2D eigenvalue weighted by molar-refractivity contribution is 5.95. The average molecular weight is 686 g/mol. The van der Waals surface area contributed by atoms with Crippen molar-refractivity contribution in [1.29, 1.82) is 0 Å². The average Bonchev–Trinajstić information content (AvgIpc) is 3.38. The molecule has 0 unspecified atom stereocenters. The van der Waals surface area contributed by atoms with Crippen molar-refractivity contribution in [1.82, 2.24) is 20.6 Å². The molecule has 1 aliphatic heterocycles. The number of carbonyl (C=O) groups is 2. The van der Waals surface area contributed by atoms with E-state index in [0.29, 0.717) is 40.7 Å². The standard InChI is InChI=1S/C37H40FN5O7/c1-6-48-32-18-25(35-34(36(45)47-5)23(3)40-37(46)41-35)11-16-31(32)50-21-33(44)42-39-19-27-17-22(2)43(24(27)4)28-12-14-29(15-13-28)49-20-26-9-7-8-10-30(26)38/h7-19,33,35,42,44H,6,20-21H2,1-5H3,(H2,40,41,46)/b39-19+/t33-,35-/m1/s1. The number of carbonyl (C=O) groups excluding carboxylic acids is 2. The van der Waals surface area contributed by atoms with Gasteiger partial charge < -0.3 is 39.3 Å². The summed E-state index contributed by atoms with van der Waals surface area (Å²) in [5.41, 5.74) is 8.09. The first-order valence-electron chi connectivity index (χ1n) is 16.0. The van der Waals surface area contributed by atoms with Crippen LogP contribution in [0.2, 0.25) is 0 Å². The summed E-state index contributed by atoms with van der Waals surface area (Å²) in [7, 11) is 1.27. The van der Waals surface area contributed by atoms with E-state index in [0.717, 1.165) is 22.6 Å². The summed E-state index contributed by atoms with van der Waals surface area (Å²) in [6, 6.07) is 19.8. The first-order valence-corrected chi connectivity index (χ1v) is 16.0. The molecule has 5 rings (SSSR count). The van der Waals surface area contributed by atoms with Crippen molar-refractivity contribution in [3.05, 3.63) is 118 Å². The van der Waals surface area contributed by atoms with E-state index in [4.69, 9.17) is 18.9 Å². The number of methoxy groups -OCH3 is 1. The van der Waals surface area contributed by atoms with Crippen molar-refractivity contribution >= 4 is 18.2 Å². The zero-order valence-electron chi connectivity index (χ0n) is 28.5.